The average Bonchev–Trinajstić information content (AvgIpc) is 2.65. The molecule has 1 atom stereocenters. The Kier molecular flexibility index (Phi) is 4.91. The van der Waals surface area contributed by atoms with Crippen LogP contribution in [0.3, 0.4) is 0 Å². The van der Waals surface area contributed by atoms with Crippen LogP contribution in [0, 0.1) is 5.92 Å². The molecule has 0 aromatic carbocycles. The van der Waals surface area contributed by atoms with Crippen molar-refractivity contribution in [2.45, 2.75) is 39.2 Å². The van der Waals surface area contributed by atoms with Crippen molar-refractivity contribution in [2.24, 2.45) is 5.92 Å². The first-order valence-electron chi connectivity index (χ1n) is 6.30. The number of likely N-dealkylation sites (tertiary alicyclic amines) is 1. The summed E-state index contributed by atoms with van der Waals surface area (Å²) >= 11 is 0. The second-order valence-corrected chi connectivity index (χ2v) is 5.64. The van der Waals surface area contributed by atoms with Crippen LogP contribution in [-0.4, -0.2) is 48.5 Å². The number of esters is 1. The molecule has 0 aliphatic carbocycles. The van der Waals surface area contributed by atoms with Crippen LogP contribution in [0.1, 0.15) is 33.6 Å². The van der Waals surface area contributed by atoms with Gasteiger partial charge in [-0.15, -0.1) is 0 Å². The SMILES string of the molecule is COC(=O)CCC1CN(C(=O)OC(C)(C)C)CC1=O. The molecule has 6 heteroatoms. The molecular weight excluding hydrogens is 250 g/mol. The molecule has 1 aliphatic rings. The Morgan fingerprint density at radius 1 is 1.37 bits per heavy atom. The van der Waals surface area contributed by atoms with Crippen LogP contribution in [0.15, 0.2) is 0 Å². The number of hydrogen-bond donors (Lipinski definition) is 0. The summed E-state index contributed by atoms with van der Waals surface area (Å²) in [6, 6.07) is 0. The summed E-state index contributed by atoms with van der Waals surface area (Å²) in [5, 5.41) is 0. The summed E-state index contributed by atoms with van der Waals surface area (Å²) in [4.78, 5) is 36.0. The lowest BCUT2D eigenvalue weighted by atomic mass is 10.0. The van der Waals surface area contributed by atoms with E-state index in [0.717, 1.165) is 0 Å². The van der Waals surface area contributed by atoms with E-state index in [4.69, 9.17) is 4.74 Å². The monoisotopic (exact) mass is 271 g/mol. The Morgan fingerprint density at radius 2 is 2.00 bits per heavy atom. The molecule has 0 spiro atoms. The standard InChI is InChI=1S/C13H21NO5/c1-13(2,3)19-12(17)14-7-9(10(15)8-14)5-6-11(16)18-4/h9H,5-8H2,1-4H3. The van der Waals surface area contributed by atoms with Gasteiger partial charge in [-0.2, -0.15) is 0 Å². The smallest absolute Gasteiger partial charge is 0.410 e. The quantitative estimate of drug-likeness (QED) is 0.725. The van der Waals surface area contributed by atoms with E-state index < -0.39 is 11.7 Å². The van der Waals surface area contributed by atoms with Gasteiger partial charge in [0.15, 0.2) is 5.78 Å². The van der Waals surface area contributed by atoms with Crippen molar-refractivity contribution in [3.63, 3.8) is 0 Å². The van der Waals surface area contributed by atoms with E-state index >= 15 is 0 Å². The van der Waals surface area contributed by atoms with Gasteiger partial charge in [-0.25, -0.2) is 4.79 Å². The molecule has 1 fully saturated rings. The maximum absolute atomic E-state index is 11.8. The highest BCUT2D eigenvalue weighted by molar-refractivity contribution is 5.89. The van der Waals surface area contributed by atoms with Gasteiger partial charge in [-0.3, -0.25) is 9.59 Å². The van der Waals surface area contributed by atoms with Crippen molar-refractivity contribution in [3.8, 4) is 0 Å². The molecule has 108 valence electrons. The highest BCUT2D eigenvalue weighted by atomic mass is 16.6. The molecule has 0 saturated carbocycles. The second-order valence-electron chi connectivity index (χ2n) is 5.64. The minimum absolute atomic E-state index is 0.0326. The number of carbonyl (C=O) groups excluding carboxylic acids is 3. The van der Waals surface area contributed by atoms with Crippen LogP contribution in [0.4, 0.5) is 4.79 Å². The van der Waals surface area contributed by atoms with E-state index in [-0.39, 0.29) is 30.6 Å². The zero-order chi connectivity index (χ0) is 14.6. The van der Waals surface area contributed by atoms with E-state index in [2.05, 4.69) is 4.74 Å². The lowest BCUT2D eigenvalue weighted by molar-refractivity contribution is -0.141. The number of rotatable bonds is 3. The molecule has 0 aromatic rings. The van der Waals surface area contributed by atoms with Crippen LogP contribution in [-0.2, 0) is 19.1 Å². The molecule has 1 aliphatic heterocycles. The number of ether oxygens (including phenoxy) is 2. The number of ketones is 1. The Labute approximate surface area is 113 Å². The molecular formula is C13H21NO5. The zero-order valence-electron chi connectivity index (χ0n) is 11.9. The number of methoxy groups -OCH3 is 1. The van der Waals surface area contributed by atoms with Crippen molar-refractivity contribution in [1.29, 1.82) is 0 Å². The molecule has 1 rings (SSSR count). The summed E-state index contributed by atoms with van der Waals surface area (Å²) < 4.78 is 9.74. The molecule has 1 unspecified atom stereocenters. The normalized spacial score (nSPS) is 19.5. The van der Waals surface area contributed by atoms with Gasteiger partial charge in [-0.1, -0.05) is 0 Å². The van der Waals surface area contributed by atoms with Crippen molar-refractivity contribution in [3.05, 3.63) is 0 Å². The lowest BCUT2D eigenvalue weighted by Gasteiger charge is -2.23. The maximum Gasteiger partial charge on any atom is 0.410 e. The Bertz CT molecular complexity index is 372. The highest BCUT2D eigenvalue weighted by Gasteiger charge is 2.35. The lowest BCUT2D eigenvalue weighted by Crippen LogP contribution is -2.35. The van der Waals surface area contributed by atoms with Crippen molar-refractivity contribution >= 4 is 17.8 Å². The summed E-state index contributed by atoms with van der Waals surface area (Å²) in [7, 11) is 1.31. The van der Waals surface area contributed by atoms with Gasteiger partial charge in [0, 0.05) is 18.9 Å². The summed E-state index contributed by atoms with van der Waals surface area (Å²) in [6.45, 7) is 5.69. The molecule has 0 N–H and O–H groups in total. The molecule has 6 nitrogen and oxygen atoms in total. The molecule has 0 radical (unpaired) electrons. The maximum atomic E-state index is 11.8. The Hall–Kier alpha value is -1.59. The fraction of sp³-hybridized carbons (Fsp3) is 0.769. The van der Waals surface area contributed by atoms with Gasteiger partial charge < -0.3 is 14.4 Å². The highest BCUT2D eigenvalue weighted by Crippen LogP contribution is 2.20. The third kappa shape index (κ3) is 4.89. The van der Waals surface area contributed by atoms with Gasteiger partial charge in [0.2, 0.25) is 0 Å². The summed E-state index contributed by atoms with van der Waals surface area (Å²) in [5.41, 5.74) is -0.579. The van der Waals surface area contributed by atoms with E-state index in [1.807, 2.05) is 0 Å². The van der Waals surface area contributed by atoms with Gasteiger partial charge in [0.1, 0.15) is 5.60 Å². The van der Waals surface area contributed by atoms with Crippen LogP contribution in [0.25, 0.3) is 0 Å². The molecule has 0 aromatic heterocycles. The molecule has 1 saturated heterocycles. The van der Waals surface area contributed by atoms with E-state index in [0.29, 0.717) is 13.0 Å². The first-order valence-corrected chi connectivity index (χ1v) is 6.30. The molecule has 1 heterocycles. The van der Waals surface area contributed by atoms with Crippen LogP contribution >= 0.6 is 0 Å². The predicted octanol–water partition coefficient (Wildman–Crippen LogP) is 1.38. The fourth-order valence-corrected chi connectivity index (χ4v) is 1.86. The topological polar surface area (TPSA) is 72.9 Å². The van der Waals surface area contributed by atoms with Crippen molar-refractivity contribution in [2.75, 3.05) is 20.2 Å². The van der Waals surface area contributed by atoms with Crippen LogP contribution in [0.2, 0.25) is 0 Å². The number of nitrogens with zero attached hydrogens (tertiary/aromatic N) is 1. The van der Waals surface area contributed by atoms with E-state index in [1.165, 1.54) is 12.0 Å². The van der Waals surface area contributed by atoms with Gasteiger partial charge in [-0.05, 0) is 27.2 Å². The molecule has 19 heavy (non-hydrogen) atoms. The first-order chi connectivity index (χ1) is 8.73. The van der Waals surface area contributed by atoms with E-state index in [1.54, 1.807) is 20.8 Å². The molecule has 1 amide bonds. The van der Waals surface area contributed by atoms with Gasteiger partial charge in [0.05, 0.1) is 13.7 Å². The third-order valence-electron chi connectivity index (χ3n) is 2.82. The Balaban J connectivity index is 2.48. The number of hydrogen-bond acceptors (Lipinski definition) is 5. The number of carbonyl (C=O) groups is 3. The van der Waals surface area contributed by atoms with Crippen LogP contribution in [0.5, 0.6) is 0 Å². The third-order valence-corrected chi connectivity index (χ3v) is 2.82. The fourth-order valence-electron chi connectivity index (χ4n) is 1.86. The largest absolute Gasteiger partial charge is 0.469 e. The first kappa shape index (κ1) is 15.5. The minimum Gasteiger partial charge on any atom is -0.469 e. The number of Topliss-reactive ketones (excluding diaryl/α,β-unsaturated/α-hetero) is 1. The number of amides is 1. The van der Waals surface area contributed by atoms with E-state index in [9.17, 15) is 14.4 Å². The average molecular weight is 271 g/mol. The minimum atomic E-state index is -0.579. The molecule has 0 bridgehead atoms. The van der Waals surface area contributed by atoms with Crippen LogP contribution < -0.4 is 0 Å². The predicted molar refractivity (Wildman–Crippen MR) is 67.6 cm³/mol. The Morgan fingerprint density at radius 3 is 2.53 bits per heavy atom. The van der Waals surface area contributed by atoms with Gasteiger partial charge >= 0.3 is 12.1 Å². The van der Waals surface area contributed by atoms with Crippen molar-refractivity contribution < 1.29 is 23.9 Å². The summed E-state index contributed by atoms with van der Waals surface area (Å²) in [5.74, 6) is -0.676. The summed E-state index contributed by atoms with van der Waals surface area (Å²) in [6.07, 6.45) is 0.112. The second kappa shape index (κ2) is 6.04. The zero-order valence-corrected chi connectivity index (χ0v) is 11.9. The van der Waals surface area contributed by atoms with Gasteiger partial charge in [0.25, 0.3) is 0 Å². The van der Waals surface area contributed by atoms with Crippen molar-refractivity contribution in [1.82, 2.24) is 4.90 Å².